The molecule has 0 heterocycles. The van der Waals surface area contributed by atoms with Gasteiger partial charge in [-0.3, -0.25) is 37.3 Å². The van der Waals surface area contributed by atoms with Gasteiger partial charge in [0, 0.05) is 25.7 Å². The zero-order valence-electron chi connectivity index (χ0n) is 63.7. The summed E-state index contributed by atoms with van der Waals surface area (Å²) in [6.45, 7) is 14.2. The minimum Gasteiger partial charge on any atom is -0.462 e. The quantitative estimate of drug-likeness (QED) is 0.0222. The number of rotatable bonds is 75. The number of phosphoric ester groups is 2. The van der Waals surface area contributed by atoms with Gasteiger partial charge in [-0.05, 0) is 49.4 Å². The topological polar surface area (TPSA) is 237 Å². The Kier molecular flexibility index (Phi) is 65.9. The summed E-state index contributed by atoms with van der Waals surface area (Å²) in [6, 6.07) is 0. The van der Waals surface area contributed by atoms with Crippen molar-refractivity contribution in [3.05, 3.63) is 0 Å². The van der Waals surface area contributed by atoms with E-state index >= 15 is 0 Å². The molecule has 576 valence electrons. The van der Waals surface area contributed by atoms with Crippen LogP contribution >= 0.6 is 15.6 Å². The molecular formula is C78H152O17P2. The van der Waals surface area contributed by atoms with E-state index in [9.17, 15) is 43.2 Å². The minimum absolute atomic E-state index is 0.106. The van der Waals surface area contributed by atoms with Crippen molar-refractivity contribution in [1.29, 1.82) is 0 Å². The number of esters is 4. The van der Waals surface area contributed by atoms with E-state index in [1.807, 2.05) is 0 Å². The molecule has 19 heteroatoms. The molecule has 3 N–H and O–H groups in total. The van der Waals surface area contributed by atoms with Gasteiger partial charge in [-0.1, -0.05) is 344 Å². The largest absolute Gasteiger partial charge is 0.472 e. The molecular weight excluding hydrogens is 1270 g/mol. The highest BCUT2D eigenvalue weighted by molar-refractivity contribution is 7.47. The minimum atomic E-state index is -4.96. The molecule has 0 radical (unpaired) electrons. The van der Waals surface area contributed by atoms with Gasteiger partial charge in [0.05, 0.1) is 26.4 Å². The molecule has 0 aromatic heterocycles. The van der Waals surface area contributed by atoms with Crippen LogP contribution in [0.2, 0.25) is 0 Å². The first kappa shape index (κ1) is 95.1. The fourth-order valence-electron chi connectivity index (χ4n) is 11.9. The van der Waals surface area contributed by atoms with E-state index in [1.165, 1.54) is 193 Å². The SMILES string of the molecule is CCC(C)CCCCCCCCCCC(=O)OC[C@H](COP(=O)(O)OCC(O)COP(=O)(O)OC[C@@H](COC(=O)CCCCCCCCCC(C)C)OC(=O)CCCCCCCCCCCCCCCCC(C)C)OC(=O)CCCCCCCCCCCCCCCCCC(C)C. The zero-order valence-corrected chi connectivity index (χ0v) is 65.5. The molecule has 97 heavy (non-hydrogen) atoms. The molecule has 0 bridgehead atoms. The first-order valence-electron chi connectivity index (χ1n) is 40.2. The molecule has 0 aliphatic rings. The van der Waals surface area contributed by atoms with Crippen molar-refractivity contribution >= 4 is 39.5 Å². The van der Waals surface area contributed by atoms with E-state index in [1.54, 1.807) is 0 Å². The van der Waals surface area contributed by atoms with Gasteiger partial charge in [0.25, 0.3) is 0 Å². The lowest BCUT2D eigenvalue weighted by Gasteiger charge is -2.21. The standard InChI is InChI=1S/C78H152O17P2/c1-9-71(8)57-49-41-33-27-28-34-42-50-58-75(80)88-64-73(94-77(82)60-52-44-35-25-21-17-12-10-11-15-19-23-30-38-46-54-68(2)3)66-92-96(84,85)90-62-72(79)63-91-97(86,87)93-67-74(65-89-76(81)59-51-43-37-29-32-40-48-56-70(6)7)95-78(83)61-53-45-36-26-22-18-14-13-16-20-24-31-39-47-55-69(4)5/h68-74,79H,9-67H2,1-8H3,(H,84,85)(H,86,87)/t71?,72?,73-,74-/m1/s1. The van der Waals surface area contributed by atoms with Gasteiger partial charge in [-0.15, -0.1) is 0 Å². The van der Waals surface area contributed by atoms with E-state index in [0.717, 1.165) is 114 Å². The summed E-state index contributed by atoms with van der Waals surface area (Å²) in [5.74, 6) is 0.961. The number of unbranched alkanes of at least 4 members (excludes halogenated alkanes) is 40. The van der Waals surface area contributed by atoms with Crippen LogP contribution in [0.25, 0.3) is 0 Å². The van der Waals surface area contributed by atoms with Crippen LogP contribution < -0.4 is 0 Å². The predicted octanol–water partition coefficient (Wildman–Crippen LogP) is 22.8. The molecule has 0 spiro atoms. The molecule has 0 aromatic rings. The summed E-state index contributed by atoms with van der Waals surface area (Å²) >= 11 is 0. The molecule has 0 aliphatic carbocycles. The highest BCUT2D eigenvalue weighted by atomic mass is 31.2. The number of hydrogen-bond acceptors (Lipinski definition) is 15. The normalized spacial score (nSPS) is 14.4. The molecule has 0 saturated carbocycles. The summed E-state index contributed by atoms with van der Waals surface area (Å²) in [7, 11) is -9.92. The molecule has 0 amide bonds. The summed E-state index contributed by atoms with van der Waals surface area (Å²) in [5.41, 5.74) is 0. The highest BCUT2D eigenvalue weighted by Gasteiger charge is 2.30. The Morgan fingerprint density at radius 1 is 0.289 bits per heavy atom. The summed E-state index contributed by atoms with van der Waals surface area (Å²) in [6.07, 6.45) is 52.7. The van der Waals surface area contributed by atoms with Crippen molar-refractivity contribution in [2.45, 2.75) is 414 Å². The molecule has 4 unspecified atom stereocenters. The van der Waals surface area contributed by atoms with E-state index in [2.05, 4.69) is 55.4 Å². The number of carbonyl (C=O) groups excluding carboxylic acids is 4. The van der Waals surface area contributed by atoms with Gasteiger partial charge in [0.1, 0.15) is 19.3 Å². The maximum atomic E-state index is 13.1. The molecule has 0 aromatic carbocycles. The van der Waals surface area contributed by atoms with Crippen LogP contribution in [0.15, 0.2) is 0 Å². The fraction of sp³-hybridized carbons (Fsp3) is 0.949. The Morgan fingerprint density at radius 2 is 0.495 bits per heavy atom. The Hall–Kier alpha value is -1.94. The van der Waals surface area contributed by atoms with Crippen molar-refractivity contribution in [2.75, 3.05) is 39.6 Å². The fourth-order valence-corrected chi connectivity index (χ4v) is 13.5. The first-order valence-corrected chi connectivity index (χ1v) is 43.2. The average Bonchev–Trinajstić information content (AvgIpc) is 1.13. The lowest BCUT2D eigenvalue weighted by molar-refractivity contribution is -0.161. The lowest BCUT2D eigenvalue weighted by Crippen LogP contribution is -2.30. The Labute approximate surface area is 594 Å². The molecule has 6 atom stereocenters. The van der Waals surface area contributed by atoms with Crippen LogP contribution in [-0.4, -0.2) is 96.7 Å². The smallest absolute Gasteiger partial charge is 0.462 e. The monoisotopic (exact) mass is 1420 g/mol. The maximum Gasteiger partial charge on any atom is 0.472 e. The number of aliphatic hydroxyl groups is 1. The van der Waals surface area contributed by atoms with Crippen LogP contribution in [0, 0.1) is 23.7 Å². The van der Waals surface area contributed by atoms with Gasteiger partial charge in [-0.2, -0.15) is 0 Å². The van der Waals surface area contributed by atoms with Gasteiger partial charge >= 0.3 is 39.5 Å². The number of aliphatic hydroxyl groups excluding tert-OH is 1. The van der Waals surface area contributed by atoms with Gasteiger partial charge in [-0.25, -0.2) is 9.13 Å². The number of ether oxygens (including phenoxy) is 4. The van der Waals surface area contributed by atoms with Crippen molar-refractivity contribution in [3.63, 3.8) is 0 Å². The van der Waals surface area contributed by atoms with E-state index in [4.69, 9.17) is 37.0 Å². The predicted molar refractivity (Wildman–Crippen MR) is 395 cm³/mol. The molecule has 0 saturated heterocycles. The van der Waals surface area contributed by atoms with Crippen LogP contribution in [0.5, 0.6) is 0 Å². The van der Waals surface area contributed by atoms with Gasteiger partial charge < -0.3 is 33.8 Å². The molecule has 0 fully saturated rings. The third-order valence-corrected chi connectivity index (χ3v) is 20.3. The Balaban J connectivity index is 5.23. The van der Waals surface area contributed by atoms with Crippen molar-refractivity contribution in [2.24, 2.45) is 23.7 Å². The van der Waals surface area contributed by atoms with E-state index < -0.39 is 97.5 Å². The van der Waals surface area contributed by atoms with Gasteiger partial charge in [0.2, 0.25) is 0 Å². The molecule has 17 nitrogen and oxygen atoms in total. The summed E-state index contributed by atoms with van der Waals surface area (Å²) in [5, 5.41) is 10.6. The van der Waals surface area contributed by atoms with Crippen molar-refractivity contribution in [1.82, 2.24) is 0 Å². The van der Waals surface area contributed by atoms with Crippen LogP contribution in [0.4, 0.5) is 0 Å². The van der Waals surface area contributed by atoms with E-state index in [-0.39, 0.29) is 25.7 Å². The lowest BCUT2D eigenvalue weighted by atomic mass is 9.99. The van der Waals surface area contributed by atoms with Crippen molar-refractivity contribution in [3.8, 4) is 0 Å². The summed E-state index contributed by atoms with van der Waals surface area (Å²) < 4.78 is 68.6. The van der Waals surface area contributed by atoms with Gasteiger partial charge in [0.15, 0.2) is 12.2 Å². The van der Waals surface area contributed by atoms with Crippen LogP contribution in [0.3, 0.4) is 0 Å². The first-order chi connectivity index (χ1) is 46.6. The maximum absolute atomic E-state index is 13.1. The third kappa shape index (κ3) is 70.9. The Morgan fingerprint density at radius 3 is 0.732 bits per heavy atom. The molecule has 0 rings (SSSR count). The third-order valence-electron chi connectivity index (χ3n) is 18.4. The van der Waals surface area contributed by atoms with Crippen LogP contribution in [-0.2, 0) is 65.4 Å². The van der Waals surface area contributed by atoms with Crippen LogP contribution in [0.1, 0.15) is 396 Å². The average molecular weight is 1420 g/mol. The zero-order chi connectivity index (χ0) is 71.7. The Bertz CT molecular complexity index is 1900. The second-order valence-corrected chi connectivity index (χ2v) is 32.7. The highest BCUT2D eigenvalue weighted by Crippen LogP contribution is 2.45. The molecule has 0 aliphatic heterocycles. The second kappa shape index (κ2) is 67.2. The van der Waals surface area contributed by atoms with Crippen molar-refractivity contribution < 1.29 is 80.2 Å². The second-order valence-electron chi connectivity index (χ2n) is 29.8. The number of phosphoric acid groups is 2. The number of hydrogen-bond donors (Lipinski definition) is 3. The summed E-state index contributed by atoms with van der Waals surface area (Å²) in [4.78, 5) is 72.9. The van der Waals surface area contributed by atoms with E-state index in [0.29, 0.717) is 31.6 Å². The number of carbonyl (C=O) groups is 4.